The maximum atomic E-state index is 13.6. The van der Waals surface area contributed by atoms with Crippen LogP contribution in [0.1, 0.15) is 28.9 Å². The second-order valence-electron chi connectivity index (χ2n) is 4.46. The lowest BCUT2D eigenvalue weighted by Crippen LogP contribution is -2.27. The minimum atomic E-state index is -0.561. The van der Waals surface area contributed by atoms with Gasteiger partial charge in [0.25, 0.3) is 5.91 Å². The molecule has 2 aromatic rings. The van der Waals surface area contributed by atoms with Crippen molar-refractivity contribution in [3.05, 3.63) is 47.5 Å². The van der Waals surface area contributed by atoms with E-state index in [4.69, 9.17) is 4.74 Å². The number of hydrogen-bond acceptors (Lipinski definition) is 3. The van der Waals surface area contributed by atoms with Crippen LogP contribution in [-0.4, -0.2) is 22.8 Å². The van der Waals surface area contributed by atoms with E-state index >= 15 is 0 Å². The summed E-state index contributed by atoms with van der Waals surface area (Å²) in [6.45, 7) is 1.83. The summed E-state index contributed by atoms with van der Waals surface area (Å²) < 4.78 is 20.1. The lowest BCUT2D eigenvalue weighted by molar-refractivity contribution is 0.0936. The predicted molar refractivity (Wildman–Crippen MR) is 72.0 cm³/mol. The molecule has 0 unspecified atom stereocenters. The number of carbonyl (C=O) groups is 1. The number of halogens is 1. The maximum absolute atomic E-state index is 13.6. The van der Waals surface area contributed by atoms with Gasteiger partial charge < -0.3 is 10.1 Å². The zero-order valence-corrected chi connectivity index (χ0v) is 11.6. The van der Waals surface area contributed by atoms with Gasteiger partial charge >= 0.3 is 0 Å². The molecular weight excluding hydrogens is 261 g/mol. The van der Waals surface area contributed by atoms with Crippen molar-refractivity contribution in [1.29, 1.82) is 0 Å². The summed E-state index contributed by atoms with van der Waals surface area (Å²) in [4.78, 5) is 12.2. The van der Waals surface area contributed by atoms with Crippen LogP contribution in [0.3, 0.4) is 0 Å². The Balaban J connectivity index is 2.18. The molecule has 0 bridgehead atoms. The van der Waals surface area contributed by atoms with Crippen molar-refractivity contribution >= 4 is 5.91 Å². The Bertz CT molecular complexity index is 625. The van der Waals surface area contributed by atoms with Gasteiger partial charge in [-0.05, 0) is 19.1 Å². The van der Waals surface area contributed by atoms with Crippen molar-refractivity contribution in [3.8, 4) is 5.75 Å². The first-order valence-corrected chi connectivity index (χ1v) is 6.15. The number of aromatic nitrogens is 2. The average Bonchev–Trinajstić information content (AvgIpc) is 2.85. The van der Waals surface area contributed by atoms with Crippen molar-refractivity contribution in [3.63, 3.8) is 0 Å². The molecule has 0 fully saturated rings. The molecule has 0 saturated heterocycles. The molecule has 1 aromatic heterocycles. The Hall–Kier alpha value is -2.37. The van der Waals surface area contributed by atoms with E-state index in [2.05, 4.69) is 10.4 Å². The van der Waals surface area contributed by atoms with E-state index in [1.807, 2.05) is 13.1 Å². The fourth-order valence-corrected chi connectivity index (χ4v) is 1.92. The molecule has 0 saturated carbocycles. The first-order valence-electron chi connectivity index (χ1n) is 6.15. The number of carbonyl (C=O) groups excluding carboxylic acids is 1. The van der Waals surface area contributed by atoms with Gasteiger partial charge in [0, 0.05) is 18.8 Å². The Labute approximate surface area is 116 Å². The highest BCUT2D eigenvalue weighted by molar-refractivity contribution is 5.97. The number of methoxy groups -OCH3 is 1. The predicted octanol–water partition coefficient (Wildman–Crippen LogP) is 2.06. The standard InChI is InChI=1S/C14H16FN3O2/c1-9(10-7-16-18(2)8-10)17-14(19)11-5-4-6-12(15)13(11)20-3/h4-9H,1-3H3,(H,17,19)/t9-/m0/s1. The Morgan fingerprint density at radius 1 is 1.50 bits per heavy atom. The molecule has 5 nitrogen and oxygen atoms in total. The Morgan fingerprint density at radius 3 is 2.85 bits per heavy atom. The monoisotopic (exact) mass is 277 g/mol. The first-order chi connectivity index (χ1) is 9.52. The molecule has 1 amide bonds. The highest BCUT2D eigenvalue weighted by Crippen LogP contribution is 2.23. The quantitative estimate of drug-likeness (QED) is 0.930. The summed E-state index contributed by atoms with van der Waals surface area (Å²) in [5.41, 5.74) is 1.04. The van der Waals surface area contributed by atoms with Crippen molar-refractivity contribution in [2.24, 2.45) is 7.05 Å². The Morgan fingerprint density at radius 2 is 2.25 bits per heavy atom. The fourth-order valence-electron chi connectivity index (χ4n) is 1.92. The molecule has 1 atom stereocenters. The largest absolute Gasteiger partial charge is 0.493 e. The second kappa shape index (κ2) is 5.73. The van der Waals surface area contributed by atoms with Crippen LogP contribution in [-0.2, 0) is 7.05 Å². The zero-order chi connectivity index (χ0) is 14.7. The van der Waals surface area contributed by atoms with Crippen molar-refractivity contribution in [2.75, 3.05) is 7.11 Å². The van der Waals surface area contributed by atoms with Crippen LogP contribution < -0.4 is 10.1 Å². The molecule has 1 N–H and O–H groups in total. The van der Waals surface area contributed by atoms with E-state index in [9.17, 15) is 9.18 Å². The van der Waals surface area contributed by atoms with Crippen LogP contribution in [0.25, 0.3) is 0 Å². The molecule has 20 heavy (non-hydrogen) atoms. The SMILES string of the molecule is COc1c(F)cccc1C(=O)N[C@@H](C)c1cnn(C)c1. The molecule has 1 heterocycles. The maximum Gasteiger partial charge on any atom is 0.255 e. The number of aryl methyl sites for hydroxylation is 1. The van der Waals surface area contributed by atoms with Gasteiger partial charge in [-0.15, -0.1) is 0 Å². The lowest BCUT2D eigenvalue weighted by Gasteiger charge is -2.14. The third-order valence-electron chi connectivity index (χ3n) is 2.99. The van der Waals surface area contributed by atoms with Gasteiger partial charge in [0.2, 0.25) is 0 Å². The summed E-state index contributed by atoms with van der Waals surface area (Å²) in [5.74, 6) is -1.00. The van der Waals surface area contributed by atoms with Crippen molar-refractivity contribution in [2.45, 2.75) is 13.0 Å². The molecule has 0 aliphatic carbocycles. The summed E-state index contributed by atoms with van der Waals surface area (Å²) in [6.07, 6.45) is 3.49. The number of amides is 1. The minimum Gasteiger partial charge on any atom is -0.493 e. The highest BCUT2D eigenvalue weighted by atomic mass is 19.1. The van der Waals surface area contributed by atoms with Gasteiger partial charge in [-0.3, -0.25) is 9.48 Å². The third-order valence-corrected chi connectivity index (χ3v) is 2.99. The molecule has 0 aliphatic heterocycles. The number of ether oxygens (including phenoxy) is 1. The molecule has 1 aromatic carbocycles. The van der Waals surface area contributed by atoms with Gasteiger partial charge in [-0.1, -0.05) is 6.07 Å². The molecule has 0 spiro atoms. The van der Waals surface area contributed by atoms with Crippen LogP contribution in [0.4, 0.5) is 4.39 Å². The van der Waals surface area contributed by atoms with E-state index < -0.39 is 11.7 Å². The van der Waals surface area contributed by atoms with Crippen LogP contribution in [0.2, 0.25) is 0 Å². The lowest BCUT2D eigenvalue weighted by atomic mass is 10.1. The average molecular weight is 277 g/mol. The van der Waals surface area contributed by atoms with Crippen molar-refractivity contribution < 1.29 is 13.9 Å². The summed E-state index contributed by atoms with van der Waals surface area (Å²) in [5, 5.41) is 6.84. The van der Waals surface area contributed by atoms with E-state index in [-0.39, 0.29) is 17.4 Å². The molecular formula is C14H16FN3O2. The highest BCUT2D eigenvalue weighted by Gasteiger charge is 2.18. The Kier molecular flexibility index (Phi) is 4.02. The van der Waals surface area contributed by atoms with Gasteiger partial charge in [-0.25, -0.2) is 4.39 Å². The molecule has 6 heteroatoms. The minimum absolute atomic E-state index is 0.0524. The number of rotatable bonds is 4. The molecule has 0 radical (unpaired) electrons. The topological polar surface area (TPSA) is 56.1 Å². The normalized spacial score (nSPS) is 12.0. The summed E-state index contributed by atoms with van der Waals surface area (Å²) >= 11 is 0. The number of nitrogens with one attached hydrogen (secondary N) is 1. The van der Waals surface area contributed by atoms with Crippen LogP contribution in [0.15, 0.2) is 30.6 Å². The van der Waals surface area contributed by atoms with Gasteiger partial charge in [0.05, 0.1) is 24.9 Å². The smallest absolute Gasteiger partial charge is 0.255 e. The van der Waals surface area contributed by atoms with E-state index in [1.54, 1.807) is 17.9 Å². The second-order valence-corrected chi connectivity index (χ2v) is 4.46. The molecule has 2 rings (SSSR count). The first kappa shape index (κ1) is 14.0. The van der Waals surface area contributed by atoms with Crippen LogP contribution in [0, 0.1) is 5.82 Å². The van der Waals surface area contributed by atoms with Gasteiger partial charge in [0.1, 0.15) is 0 Å². The molecule has 0 aliphatic rings. The summed E-state index contributed by atoms with van der Waals surface area (Å²) in [6, 6.07) is 4.01. The number of nitrogens with zero attached hydrogens (tertiary/aromatic N) is 2. The number of benzene rings is 1. The fraction of sp³-hybridized carbons (Fsp3) is 0.286. The van der Waals surface area contributed by atoms with E-state index in [0.29, 0.717) is 0 Å². The van der Waals surface area contributed by atoms with E-state index in [0.717, 1.165) is 5.56 Å². The molecule has 106 valence electrons. The number of para-hydroxylation sites is 1. The number of hydrogen-bond donors (Lipinski definition) is 1. The summed E-state index contributed by atoms with van der Waals surface area (Å²) in [7, 11) is 3.13. The zero-order valence-electron chi connectivity index (χ0n) is 11.6. The van der Waals surface area contributed by atoms with Crippen LogP contribution in [0.5, 0.6) is 5.75 Å². The van der Waals surface area contributed by atoms with Gasteiger partial charge in [0.15, 0.2) is 11.6 Å². The van der Waals surface area contributed by atoms with Gasteiger partial charge in [-0.2, -0.15) is 5.10 Å². The van der Waals surface area contributed by atoms with Crippen LogP contribution >= 0.6 is 0 Å². The van der Waals surface area contributed by atoms with E-state index in [1.165, 1.54) is 25.3 Å². The van der Waals surface area contributed by atoms with Crippen molar-refractivity contribution in [1.82, 2.24) is 15.1 Å². The third kappa shape index (κ3) is 2.79.